The van der Waals surface area contributed by atoms with Gasteiger partial charge in [0, 0.05) is 12.5 Å². The Kier molecular flexibility index (Phi) is 3.61. The maximum absolute atomic E-state index is 12.2. The Hall–Kier alpha value is -1.26. The maximum atomic E-state index is 12.2. The van der Waals surface area contributed by atoms with Crippen molar-refractivity contribution in [1.82, 2.24) is 5.32 Å². The Balaban J connectivity index is 1.83. The number of rotatable bonds is 2. The quantitative estimate of drug-likeness (QED) is 0.911. The molecule has 2 heterocycles. The number of anilines is 1. The van der Waals surface area contributed by atoms with E-state index >= 15 is 0 Å². The minimum atomic E-state index is -0.441. The van der Waals surface area contributed by atoms with Crippen LogP contribution in [0.1, 0.15) is 19.8 Å². The van der Waals surface area contributed by atoms with Gasteiger partial charge in [-0.3, -0.25) is 4.90 Å². The minimum absolute atomic E-state index is 0.300. The van der Waals surface area contributed by atoms with Gasteiger partial charge in [0.2, 0.25) is 0 Å². The molecule has 2 saturated heterocycles. The van der Waals surface area contributed by atoms with E-state index in [0.29, 0.717) is 17.5 Å². The van der Waals surface area contributed by atoms with Crippen molar-refractivity contribution in [2.45, 2.75) is 25.4 Å². The highest BCUT2D eigenvalue weighted by Crippen LogP contribution is 2.38. The van der Waals surface area contributed by atoms with Crippen molar-refractivity contribution in [3.63, 3.8) is 0 Å². The SMILES string of the molecule is CC1(C2CCCNC2)CN(c2ccccc2Cl)C(=O)O1. The summed E-state index contributed by atoms with van der Waals surface area (Å²) >= 11 is 6.19. The Morgan fingerprint density at radius 3 is 2.95 bits per heavy atom. The van der Waals surface area contributed by atoms with Crippen LogP contribution in [0.3, 0.4) is 0 Å². The van der Waals surface area contributed by atoms with Crippen molar-refractivity contribution >= 4 is 23.4 Å². The van der Waals surface area contributed by atoms with Crippen molar-refractivity contribution in [2.24, 2.45) is 5.92 Å². The number of benzene rings is 1. The third-order valence-corrected chi connectivity index (χ3v) is 4.64. The topological polar surface area (TPSA) is 41.6 Å². The van der Waals surface area contributed by atoms with Crippen LogP contribution in [0.25, 0.3) is 0 Å². The van der Waals surface area contributed by atoms with Crippen LogP contribution in [-0.4, -0.2) is 31.3 Å². The van der Waals surface area contributed by atoms with E-state index in [4.69, 9.17) is 16.3 Å². The number of para-hydroxylation sites is 1. The molecular formula is C15H19ClN2O2. The highest BCUT2D eigenvalue weighted by molar-refractivity contribution is 6.33. The summed E-state index contributed by atoms with van der Waals surface area (Å²) in [6.45, 7) is 4.54. The molecule has 0 radical (unpaired) electrons. The number of nitrogens with zero attached hydrogens (tertiary/aromatic N) is 1. The first-order valence-corrected chi connectivity index (χ1v) is 7.44. The van der Waals surface area contributed by atoms with Crippen LogP contribution in [0.15, 0.2) is 24.3 Å². The van der Waals surface area contributed by atoms with Gasteiger partial charge in [0.1, 0.15) is 5.60 Å². The summed E-state index contributed by atoms with van der Waals surface area (Å²) in [6, 6.07) is 7.39. The zero-order valence-electron chi connectivity index (χ0n) is 11.6. The third-order valence-electron chi connectivity index (χ3n) is 4.32. The van der Waals surface area contributed by atoms with Crippen LogP contribution in [0.5, 0.6) is 0 Å². The van der Waals surface area contributed by atoms with Gasteiger partial charge >= 0.3 is 6.09 Å². The summed E-state index contributed by atoms with van der Waals surface area (Å²) in [6.07, 6.45) is 1.92. The number of ether oxygens (including phenoxy) is 1. The largest absolute Gasteiger partial charge is 0.441 e. The number of nitrogens with one attached hydrogen (secondary N) is 1. The first-order valence-electron chi connectivity index (χ1n) is 7.06. The molecule has 0 spiro atoms. The van der Waals surface area contributed by atoms with E-state index in [1.165, 1.54) is 0 Å². The lowest BCUT2D eigenvalue weighted by Crippen LogP contribution is -2.46. The molecule has 0 bridgehead atoms. The predicted molar refractivity (Wildman–Crippen MR) is 79.3 cm³/mol. The number of hydrogen-bond acceptors (Lipinski definition) is 3. The third kappa shape index (κ3) is 2.38. The average molecular weight is 295 g/mol. The fraction of sp³-hybridized carbons (Fsp3) is 0.533. The number of carbonyl (C=O) groups is 1. The van der Waals surface area contributed by atoms with Crippen LogP contribution < -0.4 is 10.2 Å². The fourth-order valence-electron chi connectivity index (χ4n) is 3.10. The van der Waals surface area contributed by atoms with E-state index in [-0.39, 0.29) is 6.09 Å². The van der Waals surface area contributed by atoms with E-state index in [1.807, 2.05) is 25.1 Å². The van der Waals surface area contributed by atoms with E-state index in [1.54, 1.807) is 11.0 Å². The lowest BCUT2D eigenvalue weighted by Gasteiger charge is -2.34. The number of halogens is 1. The number of hydrogen-bond donors (Lipinski definition) is 1. The molecule has 2 aliphatic heterocycles. The maximum Gasteiger partial charge on any atom is 0.415 e. The van der Waals surface area contributed by atoms with Crippen LogP contribution >= 0.6 is 11.6 Å². The number of cyclic esters (lactones) is 1. The molecule has 4 nitrogen and oxygen atoms in total. The van der Waals surface area contributed by atoms with Gasteiger partial charge in [-0.05, 0) is 38.4 Å². The molecule has 2 fully saturated rings. The number of amides is 1. The zero-order valence-corrected chi connectivity index (χ0v) is 12.3. The van der Waals surface area contributed by atoms with Crippen molar-refractivity contribution < 1.29 is 9.53 Å². The van der Waals surface area contributed by atoms with Gasteiger partial charge in [0.05, 0.1) is 17.3 Å². The van der Waals surface area contributed by atoms with E-state index in [0.717, 1.165) is 31.6 Å². The normalized spacial score (nSPS) is 30.4. The van der Waals surface area contributed by atoms with Crippen LogP contribution in [0.2, 0.25) is 5.02 Å². The molecule has 1 aromatic carbocycles. The predicted octanol–water partition coefficient (Wildman–Crippen LogP) is 3.05. The molecule has 0 aromatic heterocycles. The first-order chi connectivity index (χ1) is 9.60. The minimum Gasteiger partial charge on any atom is -0.441 e. The van der Waals surface area contributed by atoms with Crippen molar-refractivity contribution in [3.8, 4) is 0 Å². The molecule has 2 atom stereocenters. The molecule has 0 aliphatic carbocycles. The van der Waals surface area contributed by atoms with Gasteiger partial charge < -0.3 is 10.1 Å². The van der Waals surface area contributed by atoms with E-state index in [9.17, 15) is 4.79 Å². The molecule has 3 rings (SSSR count). The van der Waals surface area contributed by atoms with Gasteiger partial charge in [0.25, 0.3) is 0 Å². The summed E-state index contributed by atoms with van der Waals surface area (Å²) in [7, 11) is 0. The Bertz CT molecular complexity index is 516. The van der Waals surface area contributed by atoms with Gasteiger partial charge in [-0.2, -0.15) is 0 Å². The monoisotopic (exact) mass is 294 g/mol. The average Bonchev–Trinajstić information content (AvgIpc) is 2.77. The highest BCUT2D eigenvalue weighted by atomic mass is 35.5. The van der Waals surface area contributed by atoms with Crippen LogP contribution in [-0.2, 0) is 4.74 Å². The first kappa shape index (κ1) is 13.7. The highest BCUT2D eigenvalue weighted by Gasteiger charge is 2.47. The van der Waals surface area contributed by atoms with E-state index in [2.05, 4.69) is 5.32 Å². The van der Waals surface area contributed by atoms with Crippen LogP contribution in [0, 0.1) is 5.92 Å². The molecule has 1 amide bonds. The molecule has 1 N–H and O–H groups in total. The van der Waals surface area contributed by atoms with Crippen molar-refractivity contribution in [2.75, 3.05) is 24.5 Å². The lowest BCUT2D eigenvalue weighted by molar-refractivity contribution is 0.0123. The van der Waals surface area contributed by atoms with Gasteiger partial charge in [0.15, 0.2) is 0 Å². The van der Waals surface area contributed by atoms with E-state index < -0.39 is 5.60 Å². The van der Waals surface area contributed by atoms with Gasteiger partial charge in [-0.1, -0.05) is 23.7 Å². The summed E-state index contributed by atoms with van der Waals surface area (Å²) < 4.78 is 5.70. The molecule has 20 heavy (non-hydrogen) atoms. The van der Waals surface area contributed by atoms with Gasteiger partial charge in [-0.15, -0.1) is 0 Å². The molecule has 5 heteroatoms. The number of carbonyl (C=O) groups excluding carboxylic acids is 1. The fourth-order valence-corrected chi connectivity index (χ4v) is 3.34. The molecule has 1 aromatic rings. The second kappa shape index (κ2) is 5.26. The van der Waals surface area contributed by atoms with Gasteiger partial charge in [-0.25, -0.2) is 4.79 Å². The second-order valence-corrected chi connectivity index (χ2v) is 6.17. The smallest absolute Gasteiger partial charge is 0.415 e. The standard InChI is InChI=1S/C15H19ClN2O2/c1-15(11-5-4-8-17-9-11)10-18(14(19)20-15)13-7-3-2-6-12(13)16/h2-3,6-7,11,17H,4-5,8-10H2,1H3. The molecule has 108 valence electrons. The summed E-state index contributed by atoms with van der Waals surface area (Å²) in [5, 5.41) is 3.96. The Labute approximate surface area is 124 Å². The molecule has 0 saturated carbocycles. The molecular weight excluding hydrogens is 276 g/mol. The Morgan fingerprint density at radius 2 is 2.25 bits per heavy atom. The summed E-state index contributed by atoms with van der Waals surface area (Å²) in [5.41, 5.74) is 0.288. The van der Waals surface area contributed by atoms with Crippen molar-refractivity contribution in [1.29, 1.82) is 0 Å². The lowest BCUT2D eigenvalue weighted by atomic mass is 9.83. The number of piperidine rings is 1. The van der Waals surface area contributed by atoms with Crippen LogP contribution in [0.4, 0.5) is 10.5 Å². The molecule has 2 aliphatic rings. The Morgan fingerprint density at radius 1 is 1.45 bits per heavy atom. The summed E-state index contributed by atoms with van der Waals surface area (Å²) in [4.78, 5) is 13.9. The molecule has 2 unspecified atom stereocenters. The zero-order chi connectivity index (χ0) is 14.2. The second-order valence-electron chi connectivity index (χ2n) is 5.76. The summed E-state index contributed by atoms with van der Waals surface area (Å²) in [5.74, 6) is 0.354. The van der Waals surface area contributed by atoms with Crippen molar-refractivity contribution in [3.05, 3.63) is 29.3 Å².